The van der Waals surface area contributed by atoms with Crippen molar-refractivity contribution in [2.45, 2.75) is 99.8 Å². The van der Waals surface area contributed by atoms with Crippen molar-refractivity contribution in [2.75, 3.05) is 22.9 Å². The molecule has 200 valence electrons. The Bertz CT molecular complexity index is 778. The van der Waals surface area contributed by atoms with E-state index in [2.05, 4.69) is 41.5 Å². The van der Waals surface area contributed by atoms with Crippen molar-refractivity contribution in [3.05, 3.63) is 23.8 Å². The lowest BCUT2D eigenvalue weighted by Crippen LogP contribution is -2.39. The maximum Gasteiger partial charge on any atom is 0.319 e. The van der Waals surface area contributed by atoms with Gasteiger partial charge in [0, 0.05) is 18.8 Å². The molecule has 35 heavy (non-hydrogen) atoms. The predicted octanol–water partition coefficient (Wildman–Crippen LogP) is 7.47. The highest BCUT2D eigenvalue weighted by molar-refractivity contribution is 5.95. The third-order valence-corrected chi connectivity index (χ3v) is 6.98. The monoisotopic (exact) mass is 488 g/mol. The lowest BCUT2D eigenvalue weighted by molar-refractivity contribution is 0.252. The highest BCUT2D eigenvalue weighted by Gasteiger charge is 2.20. The molecule has 4 amide bonds. The minimum Gasteiger partial charge on any atom is -0.351 e. The Morgan fingerprint density at radius 1 is 0.714 bits per heavy atom. The van der Waals surface area contributed by atoms with Crippen molar-refractivity contribution < 1.29 is 9.59 Å². The van der Waals surface area contributed by atoms with E-state index in [4.69, 9.17) is 11.5 Å². The fourth-order valence-electron chi connectivity index (χ4n) is 4.51. The molecule has 0 aliphatic rings. The molecule has 0 saturated heterocycles. The number of nitrogens with two attached hydrogens (primary N) is 2. The summed E-state index contributed by atoms with van der Waals surface area (Å²) in [6, 6.07) is 4.79. The highest BCUT2D eigenvalue weighted by Crippen LogP contribution is 2.29. The van der Waals surface area contributed by atoms with Gasteiger partial charge in [-0.15, -0.1) is 0 Å². The average Bonchev–Trinajstić information content (AvgIpc) is 2.74. The van der Waals surface area contributed by atoms with Crippen molar-refractivity contribution in [1.29, 1.82) is 0 Å². The smallest absolute Gasteiger partial charge is 0.319 e. The van der Waals surface area contributed by atoms with Crippen LogP contribution in [0.5, 0.6) is 0 Å². The molecule has 6 heteroatoms. The topological polar surface area (TPSA) is 92.7 Å². The first-order valence-corrected chi connectivity index (χ1v) is 13.7. The number of benzene rings is 1. The van der Waals surface area contributed by atoms with Crippen LogP contribution < -0.4 is 21.3 Å². The van der Waals surface area contributed by atoms with Gasteiger partial charge in [0.2, 0.25) is 0 Å². The number of nitrogens with zero attached hydrogens (tertiary/aromatic N) is 2. The standard InChI is InChI=1S/C29H52N4O2/c1-21(2)10-8-12-23(5)16-18-32(28(30)34)26-15-14-25(7)27(20-26)33(29(31)35)19-17-24(6)13-9-11-22(3)4/h14-15,20-24H,8-13,16-19H2,1-7H3,(H2,30,34)(H2,31,35). The second-order valence-corrected chi connectivity index (χ2v) is 11.4. The maximum atomic E-state index is 12.4. The quantitative estimate of drug-likeness (QED) is 0.252. The Hall–Kier alpha value is -2.24. The van der Waals surface area contributed by atoms with Gasteiger partial charge < -0.3 is 11.5 Å². The van der Waals surface area contributed by atoms with E-state index in [0.29, 0.717) is 42.4 Å². The number of anilines is 2. The molecule has 0 saturated carbocycles. The fourth-order valence-corrected chi connectivity index (χ4v) is 4.51. The summed E-state index contributed by atoms with van der Waals surface area (Å²) in [5.74, 6) is 2.45. The van der Waals surface area contributed by atoms with Crippen LogP contribution in [0.2, 0.25) is 0 Å². The van der Waals surface area contributed by atoms with Crippen LogP contribution in [-0.4, -0.2) is 25.2 Å². The van der Waals surface area contributed by atoms with E-state index in [1.54, 1.807) is 9.80 Å². The number of primary amides is 2. The molecule has 1 rings (SSSR count). The van der Waals surface area contributed by atoms with Gasteiger partial charge in [-0.2, -0.15) is 0 Å². The van der Waals surface area contributed by atoms with E-state index < -0.39 is 12.1 Å². The van der Waals surface area contributed by atoms with Crippen molar-refractivity contribution in [1.82, 2.24) is 0 Å². The summed E-state index contributed by atoms with van der Waals surface area (Å²) < 4.78 is 0. The van der Waals surface area contributed by atoms with Crippen LogP contribution in [0.1, 0.15) is 98.5 Å². The molecule has 2 atom stereocenters. The second-order valence-electron chi connectivity index (χ2n) is 11.4. The first kappa shape index (κ1) is 30.8. The van der Waals surface area contributed by atoms with Gasteiger partial charge in [0.1, 0.15) is 0 Å². The van der Waals surface area contributed by atoms with Gasteiger partial charge in [-0.3, -0.25) is 9.80 Å². The largest absolute Gasteiger partial charge is 0.351 e. The Balaban J connectivity index is 2.90. The molecule has 4 N–H and O–H groups in total. The van der Waals surface area contributed by atoms with Crippen molar-refractivity contribution in [3.8, 4) is 0 Å². The summed E-state index contributed by atoms with van der Waals surface area (Å²) in [7, 11) is 0. The zero-order valence-electron chi connectivity index (χ0n) is 23.5. The van der Waals surface area contributed by atoms with Crippen LogP contribution in [0, 0.1) is 30.6 Å². The summed E-state index contributed by atoms with van der Waals surface area (Å²) in [5, 5.41) is 0. The Kier molecular flexibility index (Phi) is 13.8. The summed E-state index contributed by atoms with van der Waals surface area (Å²) in [6.07, 6.45) is 8.93. The number of rotatable bonds is 16. The Morgan fingerprint density at radius 2 is 1.17 bits per heavy atom. The minimum atomic E-state index is -0.474. The van der Waals surface area contributed by atoms with Crippen molar-refractivity contribution in [3.63, 3.8) is 0 Å². The molecule has 0 aliphatic heterocycles. The Labute approximate surface area is 214 Å². The van der Waals surface area contributed by atoms with Crippen molar-refractivity contribution >= 4 is 23.4 Å². The summed E-state index contributed by atoms with van der Waals surface area (Å²) in [5.41, 5.74) is 14.0. The van der Waals surface area contributed by atoms with Crippen LogP contribution in [0.3, 0.4) is 0 Å². The molecule has 6 nitrogen and oxygen atoms in total. The van der Waals surface area contributed by atoms with E-state index in [9.17, 15) is 9.59 Å². The van der Waals surface area contributed by atoms with Crippen molar-refractivity contribution in [2.24, 2.45) is 35.1 Å². The van der Waals surface area contributed by atoms with Gasteiger partial charge in [-0.25, -0.2) is 9.59 Å². The van der Waals surface area contributed by atoms with E-state index >= 15 is 0 Å². The van der Waals surface area contributed by atoms with Gasteiger partial charge in [0.05, 0.1) is 5.69 Å². The molecule has 0 aromatic heterocycles. The molecular formula is C29H52N4O2. The van der Waals surface area contributed by atoms with Crippen LogP contribution in [-0.2, 0) is 0 Å². The number of aryl methyl sites for hydroxylation is 1. The van der Waals surface area contributed by atoms with E-state index in [0.717, 1.165) is 36.9 Å². The molecule has 0 bridgehead atoms. The molecule has 0 radical (unpaired) electrons. The van der Waals surface area contributed by atoms with Gasteiger partial charge >= 0.3 is 12.1 Å². The molecular weight excluding hydrogens is 436 g/mol. The zero-order chi connectivity index (χ0) is 26.5. The number of hydrogen-bond donors (Lipinski definition) is 2. The number of carbonyl (C=O) groups is 2. The van der Waals surface area contributed by atoms with E-state index in [1.165, 1.54) is 25.7 Å². The number of hydrogen-bond acceptors (Lipinski definition) is 2. The molecule has 0 aliphatic carbocycles. The average molecular weight is 489 g/mol. The SMILES string of the molecule is Cc1ccc(N(CCC(C)CCCC(C)C)C(N)=O)cc1N(CCC(C)CCCC(C)C)C(N)=O. The van der Waals surface area contributed by atoms with Gasteiger partial charge in [0.15, 0.2) is 0 Å². The normalized spacial score (nSPS) is 13.2. The molecule has 1 aromatic carbocycles. The molecule has 2 unspecified atom stereocenters. The zero-order valence-corrected chi connectivity index (χ0v) is 23.5. The summed E-state index contributed by atoms with van der Waals surface area (Å²) in [6.45, 7) is 16.5. The number of amides is 4. The number of carbonyl (C=O) groups excluding carboxylic acids is 2. The second kappa shape index (κ2) is 15.7. The third kappa shape index (κ3) is 11.8. The highest BCUT2D eigenvalue weighted by atomic mass is 16.2. The summed E-state index contributed by atoms with van der Waals surface area (Å²) >= 11 is 0. The van der Waals surface area contributed by atoms with Gasteiger partial charge in [0.25, 0.3) is 0 Å². The maximum absolute atomic E-state index is 12.4. The third-order valence-electron chi connectivity index (χ3n) is 6.98. The molecule has 0 spiro atoms. The molecule has 1 aromatic rings. The lowest BCUT2D eigenvalue weighted by atomic mass is 9.97. The first-order valence-electron chi connectivity index (χ1n) is 13.7. The Morgan fingerprint density at radius 3 is 1.60 bits per heavy atom. The molecule has 0 fully saturated rings. The van der Waals surface area contributed by atoms with Crippen LogP contribution >= 0.6 is 0 Å². The van der Waals surface area contributed by atoms with Gasteiger partial charge in [-0.05, 0) is 61.1 Å². The summed E-state index contributed by atoms with van der Waals surface area (Å²) in [4.78, 5) is 28.0. The van der Waals surface area contributed by atoms with E-state index in [1.807, 2.05) is 25.1 Å². The first-order chi connectivity index (χ1) is 16.4. The van der Waals surface area contributed by atoms with Crippen LogP contribution in [0.4, 0.5) is 21.0 Å². The van der Waals surface area contributed by atoms with Crippen LogP contribution in [0.15, 0.2) is 18.2 Å². The molecule has 0 heterocycles. The lowest BCUT2D eigenvalue weighted by Gasteiger charge is -2.27. The fraction of sp³-hybridized carbons (Fsp3) is 0.724. The number of urea groups is 2. The van der Waals surface area contributed by atoms with Crippen LogP contribution in [0.25, 0.3) is 0 Å². The minimum absolute atomic E-state index is 0.468. The van der Waals surface area contributed by atoms with E-state index in [-0.39, 0.29) is 0 Å². The predicted molar refractivity (Wildman–Crippen MR) is 150 cm³/mol. The van der Waals surface area contributed by atoms with Gasteiger partial charge in [-0.1, -0.05) is 86.1 Å².